The Balaban J connectivity index is 2.25. The van der Waals surface area contributed by atoms with Crippen LogP contribution in [0.4, 0.5) is 5.69 Å². The highest BCUT2D eigenvalue weighted by atomic mass is 32.1. The molecule has 1 N–H and O–H groups in total. The fourth-order valence-corrected chi connectivity index (χ4v) is 2.28. The molecule has 108 valence electrons. The minimum Gasteiger partial charge on any atom is -0.475 e. The van der Waals surface area contributed by atoms with E-state index in [0.717, 1.165) is 18.7 Å². The fraction of sp³-hybridized carbons (Fsp3) is 0.429. The number of anilines is 1. The summed E-state index contributed by atoms with van der Waals surface area (Å²) in [6.07, 6.45) is 0.309. The maximum Gasteiger partial charge on any atom is 0.348 e. The molecule has 0 amide bonds. The average molecular weight is 294 g/mol. The Morgan fingerprint density at radius 2 is 2.30 bits per heavy atom. The smallest absolute Gasteiger partial charge is 0.348 e. The second-order valence-corrected chi connectivity index (χ2v) is 4.83. The van der Waals surface area contributed by atoms with Gasteiger partial charge in [-0.3, -0.25) is 0 Å². The Bertz CT molecular complexity index is 507. The molecule has 0 saturated carbocycles. The van der Waals surface area contributed by atoms with Crippen molar-refractivity contribution < 1.29 is 14.3 Å². The molecule has 0 spiro atoms. The van der Waals surface area contributed by atoms with Crippen molar-refractivity contribution in [3.63, 3.8) is 0 Å². The van der Waals surface area contributed by atoms with Crippen LogP contribution in [0, 0.1) is 0 Å². The van der Waals surface area contributed by atoms with Crippen molar-refractivity contribution in [3.8, 4) is 5.75 Å². The highest BCUT2D eigenvalue weighted by molar-refractivity contribution is 7.80. The van der Waals surface area contributed by atoms with E-state index in [0.29, 0.717) is 17.4 Å². The summed E-state index contributed by atoms with van der Waals surface area (Å²) in [6.45, 7) is 3.21. The topological polar surface area (TPSA) is 50.8 Å². The summed E-state index contributed by atoms with van der Waals surface area (Å²) in [6, 6.07) is 7.51. The van der Waals surface area contributed by atoms with Crippen LogP contribution in [0.25, 0.3) is 0 Å². The van der Waals surface area contributed by atoms with E-state index in [1.54, 1.807) is 0 Å². The van der Waals surface area contributed by atoms with Crippen molar-refractivity contribution in [2.75, 3.05) is 25.1 Å². The largest absolute Gasteiger partial charge is 0.475 e. The van der Waals surface area contributed by atoms with Crippen molar-refractivity contribution in [2.24, 2.45) is 0 Å². The van der Waals surface area contributed by atoms with Gasteiger partial charge in [-0.1, -0.05) is 19.1 Å². The third kappa shape index (κ3) is 3.01. The number of fused-ring (bicyclic) bond motifs is 1. The van der Waals surface area contributed by atoms with Gasteiger partial charge in [0.2, 0.25) is 6.10 Å². The predicted molar refractivity (Wildman–Crippen MR) is 81.1 cm³/mol. The number of hydrogen-bond donors (Lipinski definition) is 1. The van der Waals surface area contributed by atoms with Crippen molar-refractivity contribution in [1.82, 2.24) is 5.32 Å². The summed E-state index contributed by atoms with van der Waals surface area (Å²) in [4.78, 5) is 13.6. The van der Waals surface area contributed by atoms with Gasteiger partial charge in [0.1, 0.15) is 5.75 Å². The van der Waals surface area contributed by atoms with Crippen molar-refractivity contribution in [1.29, 1.82) is 0 Å². The molecule has 20 heavy (non-hydrogen) atoms. The Morgan fingerprint density at radius 3 is 3.00 bits per heavy atom. The van der Waals surface area contributed by atoms with Gasteiger partial charge in [-0.05, 0) is 30.8 Å². The second-order valence-electron chi connectivity index (χ2n) is 4.44. The lowest BCUT2D eigenvalue weighted by atomic mass is 10.2. The molecule has 0 aromatic heterocycles. The third-order valence-electron chi connectivity index (χ3n) is 3.01. The first kappa shape index (κ1) is 14.6. The Morgan fingerprint density at radius 1 is 1.55 bits per heavy atom. The number of hydrogen-bond acceptors (Lipinski definition) is 4. The van der Waals surface area contributed by atoms with Gasteiger partial charge in [0.25, 0.3) is 0 Å². The van der Waals surface area contributed by atoms with E-state index in [9.17, 15) is 4.79 Å². The van der Waals surface area contributed by atoms with Gasteiger partial charge in [-0.2, -0.15) is 0 Å². The summed E-state index contributed by atoms with van der Waals surface area (Å²) in [5, 5.41) is 3.76. The maximum absolute atomic E-state index is 11.7. The number of ether oxygens (including phenoxy) is 2. The average Bonchev–Trinajstić information content (AvgIpc) is 2.50. The lowest BCUT2D eigenvalue weighted by molar-refractivity contribution is -0.148. The maximum atomic E-state index is 11.7. The zero-order valence-corrected chi connectivity index (χ0v) is 12.4. The summed E-state index contributed by atoms with van der Waals surface area (Å²) in [7, 11) is 1.35. The Hall–Kier alpha value is -1.82. The van der Waals surface area contributed by atoms with Gasteiger partial charge in [0.05, 0.1) is 19.3 Å². The van der Waals surface area contributed by atoms with E-state index in [4.69, 9.17) is 21.7 Å². The molecule has 0 bridgehead atoms. The zero-order valence-electron chi connectivity index (χ0n) is 11.6. The van der Waals surface area contributed by atoms with Crippen molar-refractivity contribution in [2.45, 2.75) is 19.4 Å². The van der Waals surface area contributed by atoms with Gasteiger partial charge in [-0.15, -0.1) is 0 Å². The van der Waals surface area contributed by atoms with Gasteiger partial charge < -0.3 is 19.7 Å². The molecule has 1 aliphatic heterocycles. The van der Waals surface area contributed by atoms with E-state index in [-0.39, 0.29) is 0 Å². The van der Waals surface area contributed by atoms with Crippen molar-refractivity contribution >= 4 is 29.0 Å². The number of carbonyl (C=O) groups is 1. The minimum absolute atomic E-state index is 0.346. The molecule has 1 atom stereocenters. The summed E-state index contributed by atoms with van der Waals surface area (Å²) in [5.41, 5.74) is 0.862. The SMILES string of the molecule is CCCNC(=S)N1C[C@H](C(=O)OC)Oc2ccccc21. The minimum atomic E-state index is -0.670. The molecule has 0 aliphatic carbocycles. The van der Waals surface area contributed by atoms with Crippen LogP contribution < -0.4 is 15.0 Å². The van der Waals surface area contributed by atoms with E-state index >= 15 is 0 Å². The van der Waals surface area contributed by atoms with Crippen LogP contribution in [0.3, 0.4) is 0 Å². The monoisotopic (exact) mass is 294 g/mol. The van der Waals surface area contributed by atoms with E-state index < -0.39 is 12.1 Å². The summed E-state index contributed by atoms with van der Waals surface area (Å²) >= 11 is 5.40. The van der Waals surface area contributed by atoms with E-state index in [1.165, 1.54) is 7.11 Å². The van der Waals surface area contributed by atoms with Crippen LogP contribution in [0.5, 0.6) is 5.75 Å². The molecule has 0 fully saturated rings. The quantitative estimate of drug-likeness (QED) is 0.676. The number of carbonyl (C=O) groups excluding carboxylic acids is 1. The molecule has 5 nitrogen and oxygen atoms in total. The summed E-state index contributed by atoms with van der Waals surface area (Å²) < 4.78 is 10.4. The fourth-order valence-electron chi connectivity index (χ4n) is 2.01. The number of benzene rings is 1. The first-order valence-corrected chi connectivity index (χ1v) is 6.97. The highest BCUT2D eigenvalue weighted by Gasteiger charge is 2.32. The molecule has 2 rings (SSSR count). The Kier molecular flexibility index (Phi) is 4.79. The van der Waals surface area contributed by atoms with Crippen LogP contribution in [0.1, 0.15) is 13.3 Å². The second kappa shape index (κ2) is 6.56. The van der Waals surface area contributed by atoms with Crippen LogP contribution in [-0.4, -0.2) is 37.4 Å². The van der Waals surface area contributed by atoms with Gasteiger partial charge in [0, 0.05) is 6.54 Å². The number of methoxy groups -OCH3 is 1. The Labute approximate surface area is 123 Å². The van der Waals surface area contributed by atoms with Crippen LogP contribution in [-0.2, 0) is 9.53 Å². The van der Waals surface area contributed by atoms with Crippen LogP contribution >= 0.6 is 12.2 Å². The van der Waals surface area contributed by atoms with E-state index in [1.807, 2.05) is 29.2 Å². The molecule has 1 aromatic carbocycles. The predicted octanol–water partition coefficient (Wildman–Crippen LogP) is 1.71. The lowest BCUT2D eigenvalue weighted by Gasteiger charge is -2.35. The molecule has 0 saturated heterocycles. The van der Waals surface area contributed by atoms with Gasteiger partial charge in [-0.25, -0.2) is 4.79 Å². The number of para-hydroxylation sites is 2. The molecule has 1 aliphatic rings. The third-order valence-corrected chi connectivity index (χ3v) is 3.37. The molecular weight excluding hydrogens is 276 g/mol. The van der Waals surface area contributed by atoms with Crippen molar-refractivity contribution in [3.05, 3.63) is 24.3 Å². The normalized spacial score (nSPS) is 16.9. The molecule has 6 heteroatoms. The van der Waals surface area contributed by atoms with Gasteiger partial charge >= 0.3 is 5.97 Å². The van der Waals surface area contributed by atoms with E-state index in [2.05, 4.69) is 12.2 Å². The number of nitrogens with one attached hydrogen (secondary N) is 1. The van der Waals surface area contributed by atoms with Crippen LogP contribution in [0.2, 0.25) is 0 Å². The zero-order chi connectivity index (χ0) is 14.5. The van der Waals surface area contributed by atoms with Gasteiger partial charge in [0.15, 0.2) is 5.11 Å². The molecule has 1 heterocycles. The standard InChI is InChI=1S/C14H18N2O3S/c1-3-8-15-14(20)16-9-12(13(17)18-2)19-11-7-5-4-6-10(11)16/h4-7,12H,3,8-9H2,1-2H3,(H,15,20)/t12-/m1/s1. The number of rotatable bonds is 3. The molecule has 0 unspecified atom stereocenters. The highest BCUT2D eigenvalue weighted by Crippen LogP contribution is 2.33. The van der Waals surface area contributed by atoms with Crippen LogP contribution in [0.15, 0.2) is 24.3 Å². The lowest BCUT2D eigenvalue weighted by Crippen LogP contribution is -2.50. The first-order chi connectivity index (χ1) is 9.67. The molecular formula is C14H18N2O3S. The number of nitrogens with zero attached hydrogens (tertiary/aromatic N) is 1. The number of thiocarbonyl (C=S) groups is 1. The summed E-state index contributed by atoms with van der Waals surface area (Å²) in [5.74, 6) is 0.234. The number of esters is 1. The molecule has 0 radical (unpaired) electrons. The first-order valence-electron chi connectivity index (χ1n) is 6.56. The molecule has 1 aromatic rings.